The van der Waals surface area contributed by atoms with E-state index in [9.17, 15) is 4.39 Å². The average Bonchev–Trinajstić information content (AvgIpc) is 2.79. The minimum absolute atomic E-state index is 0.217. The molecule has 1 aromatic heterocycles. The third kappa shape index (κ3) is 2.42. The minimum Gasteiger partial charge on any atom is -0.311 e. The lowest BCUT2D eigenvalue weighted by molar-refractivity contribution is 0.475. The van der Waals surface area contributed by atoms with Crippen molar-refractivity contribution in [1.29, 1.82) is 0 Å². The summed E-state index contributed by atoms with van der Waals surface area (Å²) in [6.45, 7) is 3.86. The first-order valence-electron chi connectivity index (χ1n) is 6.84. The average molecular weight is 361 g/mol. The highest BCUT2D eigenvalue weighted by atomic mass is 79.9. The van der Waals surface area contributed by atoms with Gasteiger partial charge in [-0.15, -0.1) is 11.6 Å². The van der Waals surface area contributed by atoms with Crippen LogP contribution in [0.5, 0.6) is 0 Å². The number of piperidine rings is 1. The summed E-state index contributed by atoms with van der Waals surface area (Å²) in [6.07, 6.45) is 3.59. The summed E-state index contributed by atoms with van der Waals surface area (Å²) >= 11 is 9.52. The van der Waals surface area contributed by atoms with Crippen molar-refractivity contribution in [3.05, 3.63) is 28.2 Å². The zero-order valence-corrected chi connectivity index (χ0v) is 13.6. The molecule has 1 fully saturated rings. The molecule has 0 amide bonds. The first-order valence-corrected chi connectivity index (χ1v) is 8.07. The van der Waals surface area contributed by atoms with Gasteiger partial charge < -0.3 is 5.01 Å². The van der Waals surface area contributed by atoms with E-state index in [0.29, 0.717) is 9.99 Å². The summed E-state index contributed by atoms with van der Waals surface area (Å²) in [5.41, 5.74) is 1.56. The molecule has 1 aromatic carbocycles. The molecule has 0 radical (unpaired) electrons. The Bertz CT molecular complexity index is 635. The Hall–Kier alpha value is -0.810. The minimum atomic E-state index is -0.297. The van der Waals surface area contributed by atoms with E-state index in [2.05, 4.69) is 30.6 Å². The molecule has 20 heavy (non-hydrogen) atoms. The van der Waals surface area contributed by atoms with Gasteiger partial charge in [0, 0.05) is 19.2 Å². The van der Waals surface area contributed by atoms with Crippen molar-refractivity contribution in [2.75, 3.05) is 18.1 Å². The van der Waals surface area contributed by atoms with Gasteiger partial charge in [0.25, 0.3) is 0 Å². The summed E-state index contributed by atoms with van der Waals surface area (Å²) in [4.78, 5) is 4.52. The Morgan fingerprint density at radius 2 is 2.00 bits per heavy atom. The Morgan fingerprint density at radius 3 is 2.65 bits per heavy atom. The van der Waals surface area contributed by atoms with Gasteiger partial charge in [-0.3, -0.25) is 0 Å². The third-order valence-electron chi connectivity index (χ3n) is 3.67. The van der Waals surface area contributed by atoms with Crippen LogP contribution in [0.2, 0.25) is 0 Å². The number of hydrogen-bond acceptors (Lipinski definition) is 2. The number of benzene rings is 1. The molecule has 1 unspecified atom stereocenters. The van der Waals surface area contributed by atoms with Gasteiger partial charge in [0.1, 0.15) is 11.6 Å². The van der Waals surface area contributed by atoms with Crippen molar-refractivity contribution in [1.82, 2.24) is 9.66 Å². The van der Waals surface area contributed by atoms with Crippen LogP contribution < -0.4 is 5.01 Å². The number of halogens is 3. The molecule has 3 nitrogen and oxygen atoms in total. The number of aromatic nitrogens is 2. The Kier molecular flexibility index (Phi) is 3.91. The van der Waals surface area contributed by atoms with E-state index in [-0.39, 0.29) is 11.2 Å². The zero-order chi connectivity index (χ0) is 14.3. The molecule has 1 atom stereocenters. The highest BCUT2D eigenvalue weighted by molar-refractivity contribution is 9.10. The Morgan fingerprint density at radius 1 is 1.30 bits per heavy atom. The fourth-order valence-electron chi connectivity index (χ4n) is 2.71. The largest absolute Gasteiger partial charge is 0.311 e. The Labute approximate surface area is 130 Å². The molecule has 0 aliphatic carbocycles. The van der Waals surface area contributed by atoms with E-state index in [4.69, 9.17) is 11.6 Å². The van der Waals surface area contributed by atoms with E-state index >= 15 is 0 Å². The van der Waals surface area contributed by atoms with Crippen LogP contribution in [-0.4, -0.2) is 22.7 Å². The van der Waals surface area contributed by atoms with Crippen molar-refractivity contribution in [3.63, 3.8) is 0 Å². The van der Waals surface area contributed by atoms with Crippen molar-refractivity contribution in [3.8, 4) is 0 Å². The topological polar surface area (TPSA) is 21.1 Å². The van der Waals surface area contributed by atoms with Crippen LogP contribution >= 0.6 is 27.5 Å². The van der Waals surface area contributed by atoms with Crippen LogP contribution in [0, 0.1) is 5.82 Å². The predicted molar refractivity (Wildman–Crippen MR) is 83.5 cm³/mol. The van der Waals surface area contributed by atoms with Gasteiger partial charge >= 0.3 is 0 Å². The molecule has 3 rings (SSSR count). The number of hydrogen-bond donors (Lipinski definition) is 0. The standard InChI is InChI=1S/C14H16BrClFN3/c1-9(16)14-18-12-8-11(17)10(15)7-13(12)20(14)19-5-3-2-4-6-19/h7-9H,2-6H2,1H3. The smallest absolute Gasteiger partial charge is 0.146 e. The number of nitrogens with zero attached hydrogens (tertiary/aromatic N) is 3. The van der Waals surface area contributed by atoms with E-state index < -0.39 is 0 Å². The summed E-state index contributed by atoms with van der Waals surface area (Å²) < 4.78 is 16.2. The van der Waals surface area contributed by atoms with Gasteiger partial charge in [0.15, 0.2) is 0 Å². The van der Waals surface area contributed by atoms with Gasteiger partial charge in [0.2, 0.25) is 0 Å². The molecule has 1 aliphatic heterocycles. The van der Waals surface area contributed by atoms with Gasteiger partial charge in [-0.2, -0.15) is 0 Å². The Balaban J connectivity index is 2.20. The normalized spacial score (nSPS) is 17.7. The van der Waals surface area contributed by atoms with Crippen LogP contribution in [0.15, 0.2) is 16.6 Å². The SMILES string of the molecule is CC(Cl)c1nc2cc(F)c(Br)cc2n1N1CCCCC1. The second kappa shape index (κ2) is 5.53. The van der Waals surface area contributed by atoms with Crippen molar-refractivity contribution in [2.45, 2.75) is 31.6 Å². The molecule has 1 saturated heterocycles. The molecule has 2 aromatic rings. The van der Waals surface area contributed by atoms with Crippen LogP contribution in [0.1, 0.15) is 37.4 Å². The summed E-state index contributed by atoms with van der Waals surface area (Å²) in [5, 5.41) is 2.04. The highest BCUT2D eigenvalue weighted by Crippen LogP contribution is 2.29. The molecule has 0 saturated carbocycles. The van der Waals surface area contributed by atoms with Gasteiger partial charge in [0.05, 0.1) is 20.9 Å². The quantitative estimate of drug-likeness (QED) is 0.742. The molecule has 0 bridgehead atoms. The molecular weight excluding hydrogens is 345 g/mol. The molecule has 108 valence electrons. The fraction of sp³-hybridized carbons (Fsp3) is 0.500. The molecule has 6 heteroatoms. The lowest BCUT2D eigenvalue weighted by atomic mass is 10.2. The lowest BCUT2D eigenvalue weighted by Gasteiger charge is -2.31. The van der Waals surface area contributed by atoms with Crippen LogP contribution in [0.25, 0.3) is 11.0 Å². The monoisotopic (exact) mass is 359 g/mol. The summed E-state index contributed by atoms with van der Waals surface area (Å²) in [6, 6.07) is 3.25. The molecule has 0 spiro atoms. The van der Waals surface area contributed by atoms with E-state index in [0.717, 1.165) is 37.3 Å². The number of alkyl halides is 1. The first kappa shape index (κ1) is 14.1. The maximum Gasteiger partial charge on any atom is 0.146 e. The number of rotatable bonds is 2. The van der Waals surface area contributed by atoms with E-state index in [1.807, 2.05) is 6.92 Å². The second-order valence-corrected chi connectivity index (χ2v) is 6.68. The maximum atomic E-state index is 13.7. The molecule has 1 aliphatic rings. The van der Waals surface area contributed by atoms with E-state index in [1.54, 1.807) is 6.07 Å². The number of imidazole rings is 1. The van der Waals surface area contributed by atoms with Crippen LogP contribution in [-0.2, 0) is 0 Å². The second-order valence-electron chi connectivity index (χ2n) is 5.17. The molecular formula is C14H16BrClFN3. The fourth-order valence-corrected chi connectivity index (χ4v) is 3.18. The van der Waals surface area contributed by atoms with Crippen LogP contribution in [0.3, 0.4) is 0 Å². The predicted octanol–water partition coefficient (Wildman–Crippen LogP) is 4.36. The summed E-state index contributed by atoms with van der Waals surface area (Å²) in [5.74, 6) is 0.482. The van der Waals surface area contributed by atoms with Crippen molar-refractivity contribution in [2.24, 2.45) is 0 Å². The summed E-state index contributed by atoms with van der Waals surface area (Å²) in [7, 11) is 0. The zero-order valence-electron chi connectivity index (χ0n) is 11.2. The lowest BCUT2D eigenvalue weighted by Crippen LogP contribution is -2.40. The van der Waals surface area contributed by atoms with Gasteiger partial charge in [-0.25, -0.2) is 14.1 Å². The maximum absolute atomic E-state index is 13.7. The first-order chi connectivity index (χ1) is 9.58. The van der Waals surface area contributed by atoms with Crippen molar-refractivity contribution < 1.29 is 4.39 Å². The third-order valence-corrected chi connectivity index (χ3v) is 4.47. The van der Waals surface area contributed by atoms with Crippen molar-refractivity contribution >= 4 is 38.6 Å². The highest BCUT2D eigenvalue weighted by Gasteiger charge is 2.22. The molecule has 2 heterocycles. The van der Waals surface area contributed by atoms with Gasteiger partial charge in [-0.1, -0.05) is 0 Å². The van der Waals surface area contributed by atoms with Crippen LogP contribution in [0.4, 0.5) is 4.39 Å². The number of fused-ring (bicyclic) bond motifs is 1. The van der Waals surface area contributed by atoms with E-state index in [1.165, 1.54) is 12.5 Å². The molecule has 0 N–H and O–H groups in total. The van der Waals surface area contributed by atoms with Gasteiger partial charge in [-0.05, 0) is 48.2 Å².